The summed E-state index contributed by atoms with van der Waals surface area (Å²) in [6.07, 6.45) is 5.07. The van der Waals surface area contributed by atoms with Crippen molar-refractivity contribution in [3.05, 3.63) is 36.3 Å². The van der Waals surface area contributed by atoms with Crippen LogP contribution in [0.25, 0.3) is 11.3 Å². The van der Waals surface area contributed by atoms with Gasteiger partial charge in [0, 0.05) is 29.7 Å². The van der Waals surface area contributed by atoms with Gasteiger partial charge >= 0.3 is 0 Å². The summed E-state index contributed by atoms with van der Waals surface area (Å²) in [7, 11) is 0. The summed E-state index contributed by atoms with van der Waals surface area (Å²) in [5, 5.41) is 0. The van der Waals surface area contributed by atoms with Crippen molar-refractivity contribution in [2.45, 2.75) is 19.4 Å². The molecule has 0 bridgehead atoms. The third-order valence-electron chi connectivity index (χ3n) is 2.48. The molecular formula is C12H15N5. The molecule has 0 fully saturated rings. The molecule has 0 radical (unpaired) electrons. The van der Waals surface area contributed by atoms with Gasteiger partial charge in [0.15, 0.2) is 0 Å². The molecule has 0 spiro atoms. The highest BCUT2D eigenvalue weighted by atomic mass is 15.0. The molecular weight excluding hydrogens is 214 g/mol. The zero-order chi connectivity index (χ0) is 12.5. The summed E-state index contributed by atoms with van der Waals surface area (Å²) < 4.78 is 0. The minimum atomic E-state index is -0.386. The van der Waals surface area contributed by atoms with Gasteiger partial charge in [-0.3, -0.25) is 4.98 Å². The lowest BCUT2D eigenvalue weighted by atomic mass is 9.97. The third kappa shape index (κ3) is 2.57. The van der Waals surface area contributed by atoms with Gasteiger partial charge < -0.3 is 11.5 Å². The van der Waals surface area contributed by atoms with Gasteiger partial charge in [0.25, 0.3) is 0 Å². The Hall–Kier alpha value is -2.01. The Morgan fingerprint density at radius 1 is 1.00 bits per heavy atom. The number of nitrogen functional groups attached to an aromatic ring is 1. The number of rotatable bonds is 2. The van der Waals surface area contributed by atoms with Crippen molar-refractivity contribution in [3.8, 4) is 11.3 Å². The van der Waals surface area contributed by atoms with E-state index in [9.17, 15) is 0 Å². The fraction of sp³-hybridized carbons (Fsp3) is 0.250. The van der Waals surface area contributed by atoms with Crippen LogP contribution in [-0.2, 0) is 5.54 Å². The fourth-order valence-electron chi connectivity index (χ4n) is 1.42. The summed E-state index contributed by atoms with van der Waals surface area (Å²) in [4.78, 5) is 12.2. The highest BCUT2D eigenvalue weighted by Gasteiger charge is 2.14. The number of hydrogen-bond donors (Lipinski definition) is 2. The van der Waals surface area contributed by atoms with E-state index in [-0.39, 0.29) is 11.5 Å². The Kier molecular flexibility index (Phi) is 2.77. The monoisotopic (exact) mass is 229 g/mol. The minimum Gasteiger partial charge on any atom is -0.368 e. The lowest BCUT2D eigenvalue weighted by Crippen LogP contribution is -2.28. The van der Waals surface area contributed by atoms with E-state index in [2.05, 4.69) is 15.0 Å². The predicted molar refractivity (Wildman–Crippen MR) is 66.9 cm³/mol. The van der Waals surface area contributed by atoms with Crippen LogP contribution < -0.4 is 11.5 Å². The van der Waals surface area contributed by atoms with E-state index in [1.807, 2.05) is 26.0 Å². The average Bonchev–Trinajstić information content (AvgIpc) is 2.29. The van der Waals surface area contributed by atoms with Crippen LogP contribution in [0.15, 0.2) is 30.7 Å². The summed E-state index contributed by atoms with van der Waals surface area (Å²) in [5.41, 5.74) is 13.6. The molecule has 0 aliphatic heterocycles. The SMILES string of the molecule is CC(C)(N)c1ccc(-c2cnc(N)nc2)nc1. The van der Waals surface area contributed by atoms with Crippen LogP contribution in [0.5, 0.6) is 0 Å². The maximum absolute atomic E-state index is 5.98. The number of hydrogen-bond acceptors (Lipinski definition) is 5. The standard InChI is InChI=1S/C12H15N5/c1-12(2,14)9-3-4-10(15-7-9)8-5-16-11(13)17-6-8/h3-7H,14H2,1-2H3,(H2,13,16,17). The molecule has 5 heteroatoms. The van der Waals surface area contributed by atoms with E-state index in [0.717, 1.165) is 16.8 Å². The molecule has 88 valence electrons. The van der Waals surface area contributed by atoms with Gasteiger partial charge in [0.2, 0.25) is 5.95 Å². The van der Waals surface area contributed by atoms with Gasteiger partial charge in [-0.15, -0.1) is 0 Å². The van der Waals surface area contributed by atoms with Crippen LogP contribution >= 0.6 is 0 Å². The second-order valence-corrected chi connectivity index (χ2v) is 4.48. The molecule has 0 amide bonds. The van der Waals surface area contributed by atoms with Gasteiger partial charge in [0.1, 0.15) is 0 Å². The smallest absolute Gasteiger partial charge is 0.219 e. The molecule has 2 aromatic rings. The maximum Gasteiger partial charge on any atom is 0.219 e. The summed E-state index contributed by atoms with van der Waals surface area (Å²) >= 11 is 0. The number of nitrogens with two attached hydrogens (primary N) is 2. The van der Waals surface area contributed by atoms with Crippen LogP contribution in [0.4, 0.5) is 5.95 Å². The van der Waals surface area contributed by atoms with Gasteiger partial charge in [-0.05, 0) is 25.5 Å². The first-order valence-electron chi connectivity index (χ1n) is 5.30. The lowest BCUT2D eigenvalue weighted by Gasteiger charge is -2.18. The van der Waals surface area contributed by atoms with Crippen molar-refractivity contribution >= 4 is 5.95 Å². The molecule has 0 aromatic carbocycles. The molecule has 0 unspecified atom stereocenters. The molecule has 0 saturated heterocycles. The average molecular weight is 229 g/mol. The summed E-state index contributed by atoms with van der Waals surface area (Å²) in [6.45, 7) is 3.88. The molecule has 0 saturated carbocycles. The molecule has 2 heterocycles. The van der Waals surface area contributed by atoms with Gasteiger partial charge in [0.05, 0.1) is 5.69 Å². The number of aromatic nitrogens is 3. The molecule has 2 rings (SSSR count). The van der Waals surface area contributed by atoms with E-state index in [0.29, 0.717) is 0 Å². The van der Waals surface area contributed by atoms with E-state index < -0.39 is 0 Å². The maximum atomic E-state index is 5.98. The van der Waals surface area contributed by atoms with Crippen molar-refractivity contribution in [1.82, 2.24) is 15.0 Å². The molecule has 0 aliphatic rings. The van der Waals surface area contributed by atoms with Crippen molar-refractivity contribution in [2.24, 2.45) is 5.73 Å². The predicted octanol–water partition coefficient (Wildman–Crippen LogP) is 1.31. The third-order valence-corrected chi connectivity index (χ3v) is 2.48. The highest BCUT2D eigenvalue weighted by molar-refractivity contribution is 5.57. The van der Waals surface area contributed by atoms with E-state index in [4.69, 9.17) is 11.5 Å². The Bertz CT molecular complexity index is 496. The first-order chi connectivity index (χ1) is 7.97. The van der Waals surface area contributed by atoms with Crippen molar-refractivity contribution in [2.75, 3.05) is 5.73 Å². The second kappa shape index (κ2) is 4.10. The Morgan fingerprint density at radius 3 is 2.12 bits per heavy atom. The molecule has 0 atom stereocenters. The van der Waals surface area contributed by atoms with Crippen LogP contribution in [0, 0.1) is 0 Å². The zero-order valence-corrected chi connectivity index (χ0v) is 9.88. The van der Waals surface area contributed by atoms with Gasteiger partial charge in [-0.2, -0.15) is 0 Å². The Balaban J connectivity index is 2.33. The van der Waals surface area contributed by atoms with Crippen molar-refractivity contribution < 1.29 is 0 Å². The quantitative estimate of drug-likeness (QED) is 0.810. The highest BCUT2D eigenvalue weighted by Crippen LogP contribution is 2.20. The molecule has 0 aliphatic carbocycles. The molecule has 17 heavy (non-hydrogen) atoms. The molecule has 2 aromatic heterocycles. The molecule has 4 N–H and O–H groups in total. The van der Waals surface area contributed by atoms with Crippen LogP contribution in [-0.4, -0.2) is 15.0 Å². The topological polar surface area (TPSA) is 90.7 Å². The van der Waals surface area contributed by atoms with E-state index >= 15 is 0 Å². The minimum absolute atomic E-state index is 0.258. The number of nitrogens with zero attached hydrogens (tertiary/aromatic N) is 3. The van der Waals surface area contributed by atoms with Crippen molar-refractivity contribution in [1.29, 1.82) is 0 Å². The number of anilines is 1. The Morgan fingerprint density at radius 2 is 1.65 bits per heavy atom. The largest absolute Gasteiger partial charge is 0.368 e. The lowest BCUT2D eigenvalue weighted by molar-refractivity contribution is 0.552. The first-order valence-corrected chi connectivity index (χ1v) is 5.30. The molecule has 5 nitrogen and oxygen atoms in total. The van der Waals surface area contributed by atoms with Crippen LogP contribution in [0.1, 0.15) is 19.4 Å². The van der Waals surface area contributed by atoms with E-state index in [1.54, 1.807) is 18.6 Å². The fourth-order valence-corrected chi connectivity index (χ4v) is 1.42. The normalized spacial score (nSPS) is 11.5. The van der Waals surface area contributed by atoms with Gasteiger partial charge in [-0.25, -0.2) is 9.97 Å². The summed E-state index contributed by atoms with van der Waals surface area (Å²) in [5.74, 6) is 0.258. The van der Waals surface area contributed by atoms with Crippen LogP contribution in [0.2, 0.25) is 0 Å². The van der Waals surface area contributed by atoms with Gasteiger partial charge in [-0.1, -0.05) is 6.07 Å². The first kappa shape index (κ1) is 11.5. The van der Waals surface area contributed by atoms with Crippen LogP contribution in [0.3, 0.4) is 0 Å². The second-order valence-electron chi connectivity index (χ2n) is 4.48. The Labute approximate surface area is 99.9 Å². The zero-order valence-electron chi connectivity index (χ0n) is 9.88. The number of pyridine rings is 1. The summed E-state index contributed by atoms with van der Waals surface area (Å²) in [6, 6.07) is 3.86. The van der Waals surface area contributed by atoms with E-state index in [1.165, 1.54) is 0 Å². The van der Waals surface area contributed by atoms with Crippen molar-refractivity contribution in [3.63, 3.8) is 0 Å².